The molecule has 0 aliphatic rings. The van der Waals surface area contributed by atoms with Crippen molar-refractivity contribution in [1.82, 2.24) is 20.0 Å². The number of hydrogen-bond acceptors (Lipinski definition) is 4. The first kappa shape index (κ1) is 12.3. The number of carboxylic acids is 1. The largest absolute Gasteiger partial charge is 0.478 e. The summed E-state index contributed by atoms with van der Waals surface area (Å²) in [7, 11) is 0. The number of hydrogen-bond donors (Lipinski definition) is 1. The van der Waals surface area contributed by atoms with Gasteiger partial charge in [-0.25, -0.2) is 9.48 Å². The number of benzene rings is 1. The minimum absolute atomic E-state index is 0.221. The van der Waals surface area contributed by atoms with Crippen LogP contribution in [0.5, 0.6) is 0 Å². The molecule has 6 nitrogen and oxygen atoms in total. The molecule has 0 amide bonds. The Kier molecular flexibility index (Phi) is 2.90. The number of aryl methyl sites for hydroxylation is 1. The Morgan fingerprint density at radius 2 is 2.20 bits per heavy atom. The predicted octanol–water partition coefficient (Wildman–Crippen LogP) is 1.88. The van der Waals surface area contributed by atoms with Crippen molar-refractivity contribution < 1.29 is 9.90 Å². The van der Waals surface area contributed by atoms with Crippen LogP contribution in [0.1, 0.15) is 21.6 Å². The molecular formula is C14H12N4O2. The van der Waals surface area contributed by atoms with Crippen molar-refractivity contribution in [2.24, 2.45) is 0 Å². The molecule has 0 saturated carbocycles. The Hall–Kier alpha value is -2.76. The van der Waals surface area contributed by atoms with Crippen molar-refractivity contribution in [2.45, 2.75) is 13.5 Å². The minimum atomic E-state index is -0.964. The summed E-state index contributed by atoms with van der Waals surface area (Å²) in [5.74, 6) is -0.964. The lowest BCUT2D eigenvalue weighted by molar-refractivity contribution is 0.0697. The molecule has 20 heavy (non-hydrogen) atoms. The second kappa shape index (κ2) is 4.73. The highest BCUT2D eigenvalue weighted by atomic mass is 16.4. The van der Waals surface area contributed by atoms with Crippen molar-refractivity contribution in [3.8, 4) is 0 Å². The Labute approximate surface area is 114 Å². The molecule has 0 spiro atoms. The molecule has 0 fully saturated rings. The summed E-state index contributed by atoms with van der Waals surface area (Å²) in [5, 5.41) is 17.1. The van der Waals surface area contributed by atoms with Crippen molar-refractivity contribution >= 4 is 17.0 Å². The average Bonchev–Trinajstić information content (AvgIpc) is 2.84. The molecule has 1 aromatic carbocycles. The molecule has 0 radical (unpaired) electrons. The van der Waals surface area contributed by atoms with E-state index in [0.717, 1.165) is 11.3 Å². The van der Waals surface area contributed by atoms with Crippen LogP contribution in [0.4, 0.5) is 0 Å². The van der Waals surface area contributed by atoms with Crippen molar-refractivity contribution in [3.05, 3.63) is 53.3 Å². The maximum Gasteiger partial charge on any atom is 0.335 e. The van der Waals surface area contributed by atoms with Crippen LogP contribution in [0.25, 0.3) is 11.0 Å². The van der Waals surface area contributed by atoms with Gasteiger partial charge in [-0.3, -0.25) is 4.98 Å². The van der Waals surface area contributed by atoms with E-state index in [0.29, 0.717) is 17.6 Å². The number of carboxylic acid groups (broad SMARTS) is 1. The zero-order valence-electron chi connectivity index (χ0n) is 10.8. The van der Waals surface area contributed by atoms with Gasteiger partial charge in [-0.1, -0.05) is 11.3 Å². The fourth-order valence-electron chi connectivity index (χ4n) is 2.04. The number of nitrogens with zero attached hydrogens (tertiary/aromatic N) is 4. The van der Waals surface area contributed by atoms with Gasteiger partial charge in [0.05, 0.1) is 23.3 Å². The van der Waals surface area contributed by atoms with Gasteiger partial charge in [-0.05, 0) is 36.8 Å². The molecule has 3 rings (SSSR count). The van der Waals surface area contributed by atoms with Crippen LogP contribution in [0.2, 0.25) is 0 Å². The third kappa shape index (κ3) is 2.11. The number of pyridine rings is 1. The van der Waals surface area contributed by atoms with Crippen molar-refractivity contribution in [2.75, 3.05) is 0 Å². The summed E-state index contributed by atoms with van der Waals surface area (Å²) in [6, 6.07) is 8.62. The van der Waals surface area contributed by atoms with E-state index in [-0.39, 0.29) is 5.56 Å². The Balaban J connectivity index is 2.06. The fourth-order valence-corrected chi connectivity index (χ4v) is 2.04. The van der Waals surface area contributed by atoms with Crippen molar-refractivity contribution in [1.29, 1.82) is 0 Å². The van der Waals surface area contributed by atoms with E-state index in [4.69, 9.17) is 5.11 Å². The maximum absolute atomic E-state index is 11.0. The van der Waals surface area contributed by atoms with Crippen LogP contribution in [-0.4, -0.2) is 31.1 Å². The number of fused-ring (bicyclic) bond motifs is 1. The first-order valence-electron chi connectivity index (χ1n) is 6.12. The number of carbonyl (C=O) groups is 1. The molecule has 0 aliphatic heterocycles. The number of aromatic nitrogens is 4. The van der Waals surface area contributed by atoms with E-state index in [1.54, 1.807) is 23.0 Å². The monoisotopic (exact) mass is 268 g/mol. The molecule has 6 heteroatoms. The molecular weight excluding hydrogens is 256 g/mol. The summed E-state index contributed by atoms with van der Waals surface area (Å²) in [5.41, 5.74) is 3.53. The van der Waals surface area contributed by atoms with Crippen LogP contribution in [0.3, 0.4) is 0 Å². The molecule has 1 N–H and O–H groups in total. The third-order valence-corrected chi connectivity index (χ3v) is 3.18. The number of rotatable bonds is 3. The number of aromatic carboxylic acids is 1. The standard InChI is InChI=1S/C14H12N4O2/c1-9-3-2-6-15-12(9)8-18-13-7-10(14(19)20)4-5-11(13)16-17-18/h2-7H,8H2,1H3,(H,19,20). The SMILES string of the molecule is Cc1cccnc1Cn1nnc2ccc(C(=O)O)cc21. The molecule has 0 bridgehead atoms. The summed E-state index contributed by atoms with van der Waals surface area (Å²) in [4.78, 5) is 15.3. The van der Waals surface area contributed by atoms with Crippen LogP contribution < -0.4 is 0 Å². The van der Waals surface area contributed by atoms with Crippen LogP contribution in [0.15, 0.2) is 36.5 Å². The first-order valence-corrected chi connectivity index (χ1v) is 6.12. The highest BCUT2D eigenvalue weighted by Crippen LogP contribution is 2.15. The van der Waals surface area contributed by atoms with Crippen LogP contribution in [-0.2, 0) is 6.54 Å². The highest BCUT2D eigenvalue weighted by molar-refractivity contribution is 5.92. The average molecular weight is 268 g/mol. The summed E-state index contributed by atoms with van der Waals surface area (Å²) < 4.78 is 1.66. The molecule has 0 unspecified atom stereocenters. The molecule has 2 heterocycles. The van der Waals surface area contributed by atoms with E-state index >= 15 is 0 Å². The van der Waals surface area contributed by atoms with E-state index in [2.05, 4.69) is 15.3 Å². The van der Waals surface area contributed by atoms with E-state index in [9.17, 15) is 4.79 Å². The van der Waals surface area contributed by atoms with Gasteiger partial charge in [0.15, 0.2) is 0 Å². The normalized spacial score (nSPS) is 10.8. The van der Waals surface area contributed by atoms with Gasteiger partial charge in [0, 0.05) is 6.20 Å². The maximum atomic E-state index is 11.0. The molecule has 100 valence electrons. The quantitative estimate of drug-likeness (QED) is 0.784. The first-order chi connectivity index (χ1) is 9.65. The fraction of sp³-hybridized carbons (Fsp3) is 0.143. The lowest BCUT2D eigenvalue weighted by Gasteiger charge is -2.05. The lowest BCUT2D eigenvalue weighted by atomic mass is 10.2. The molecule has 2 aromatic heterocycles. The second-order valence-corrected chi connectivity index (χ2v) is 4.52. The van der Waals surface area contributed by atoms with Crippen molar-refractivity contribution in [3.63, 3.8) is 0 Å². The Bertz CT molecular complexity index is 795. The smallest absolute Gasteiger partial charge is 0.335 e. The van der Waals surface area contributed by atoms with Crippen LogP contribution >= 0.6 is 0 Å². The Morgan fingerprint density at radius 1 is 1.35 bits per heavy atom. The van der Waals surface area contributed by atoms with Gasteiger partial charge in [0.1, 0.15) is 5.52 Å². The van der Waals surface area contributed by atoms with Gasteiger partial charge in [-0.2, -0.15) is 0 Å². The summed E-state index contributed by atoms with van der Waals surface area (Å²) >= 11 is 0. The molecule has 0 aliphatic carbocycles. The topological polar surface area (TPSA) is 80.9 Å². The summed E-state index contributed by atoms with van der Waals surface area (Å²) in [6.07, 6.45) is 1.73. The zero-order valence-corrected chi connectivity index (χ0v) is 10.8. The van der Waals surface area contributed by atoms with Gasteiger partial charge in [-0.15, -0.1) is 5.10 Å². The summed E-state index contributed by atoms with van der Waals surface area (Å²) in [6.45, 7) is 2.44. The lowest BCUT2D eigenvalue weighted by Crippen LogP contribution is -2.06. The van der Waals surface area contributed by atoms with E-state index in [1.165, 1.54) is 6.07 Å². The van der Waals surface area contributed by atoms with Gasteiger partial charge >= 0.3 is 5.97 Å². The Morgan fingerprint density at radius 3 is 2.95 bits per heavy atom. The zero-order chi connectivity index (χ0) is 14.1. The van der Waals surface area contributed by atoms with E-state index in [1.807, 2.05) is 19.1 Å². The van der Waals surface area contributed by atoms with E-state index < -0.39 is 5.97 Å². The van der Waals surface area contributed by atoms with Gasteiger partial charge in [0.25, 0.3) is 0 Å². The molecule has 3 aromatic rings. The minimum Gasteiger partial charge on any atom is -0.478 e. The predicted molar refractivity (Wildman–Crippen MR) is 72.6 cm³/mol. The second-order valence-electron chi connectivity index (χ2n) is 4.52. The third-order valence-electron chi connectivity index (χ3n) is 3.18. The molecule has 0 saturated heterocycles. The van der Waals surface area contributed by atoms with Gasteiger partial charge < -0.3 is 5.11 Å². The molecule has 0 atom stereocenters. The van der Waals surface area contributed by atoms with Gasteiger partial charge in [0.2, 0.25) is 0 Å². The van der Waals surface area contributed by atoms with Crippen LogP contribution in [0, 0.1) is 6.92 Å². The highest BCUT2D eigenvalue weighted by Gasteiger charge is 2.10.